The fraction of sp³-hybridized carbons (Fsp3) is 0.300. The first kappa shape index (κ1) is 30.7. The summed E-state index contributed by atoms with van der Waals surface area (Å²) in [5.74, 6) is -0.209. The van der Waals surface area contributed by atoms with E-state index in [1.807, 2.05) is 30.7 Å². The quantitative estimate of drug-likeness (QED) is 0.178. The average molecular weight is 599 g/mol. The molecule has 3 aromatic carbocycles. The summed E-state index contributed by atoms with van der Waals surface area (Å²) < 4.78 is 13.9. The van der Waals surface area contributed by atoms with Crippen LogP contribution in [0.25, 0.3) is 22.4 Å². The zero-order valence-electron chi connectivity index (χ0n) is 27.1. The van der Waals surface area contributed by atoms with Gasteiger partial charge in [-0.15, -0.1) is 0 Å². The van der Waals surface area contributed by atoms with Gasteiger partial charge in [-0.2, -0.15) is 0 Å². The minimum Gasteiger partial charge on any atom is -0.364 e. The van der Waals surface area contributed by atoms with E-state index in [0.29, 0.717) is 6.04 Å². The van der Waals surface area contributed by atoms with E-state index in [0.717, 1.165) is 61.5 Å². The molecule has 1 aliphatic heterocycles. The number of aromatic nitrogens is 2. The van der Waals surface area contributed by atoms with Crippen LogP contribution < -0.4 is 4.90 Å². The number of piperidine rings is 1. The molecule has 4 nitrogen and oxygen atoms in total. The second-order valence-electron chi connectivity index (χ2n) is 12.8. The van der Waals surface area contributed by atoms with Crippen LogP contribution in [-0.2, 0) is 13.1 Å². The molecule has 5 heteroatoms. The second kappa shape index (κ2) is 13.3. The lowest BCUT2D eigenvalue weighted by molar-refractivity contribution is 0.201. The van der Waals surface area contributed by atoms with Gasteiger partial charge in [0.1, 0.15) is 5.82 Å². The Balaban J connectivity index is 1.17. The van der Waals surface area contributed by atoms with Crippen LogP contribution in [0.3, 0.4) is 0 Å². The van der Waals surface area contributed by atoms with Crippen LogP contribution in [0.2, 0.25) is 0 Å². The van der Waals surface area contributed by atoms with Crippen LogP contribution in [0.5, 0.6) is 0 Å². The lowest BCUT2D eigenvalue weighted by atomic mass is 9.96. The van der Waals surface area contributed by atoms with Crippen molar-refractivity contribution >= 4 is 5.69 Å². The van der Waals surface area contributed by atoms with Crippen molar-refractivity contribution in [3.05, 3.63) is 136 Å². The number of nitrogens with zero attached hydrogens (tertiary/aromatic N) is 4. The van der Waals surface area contributed by atoms with Crippen molar-refractivity contribution in [2.24, 2.45) is 0 Å². The molecule has 0 aliphatic carbocycles. The van der Waals surface area contributed by atoms with Crippen molar-refractivity contribution in [1.82, 2.24) is 14.9 Å². The fourth-order valence-corrected chi connectivity index (χ4v) is 6.47. The molecule has 0 N–H and O–H groups in total. The van der Waals surface area contributed by atoms with E-state index in [1.54, 1.807) is 12.1 Å². The van der Waals surface area contributed by atoms with Crippen LogP contribution in [0.4, 0.5) is 10.1 Å². The third-order valence-corrected chi connectivity index (χ3v) is 9.60. The van der Waals surface area contributed by atoms with E-state index in [9.17, 15) is 4.39 Å². The Labute approximate surface area is 267 Å². The third-order valence-electron chi connectivity index (χ3n) is 9.60. The number of halogens is 1. The summed E-state index contributed by atoms with van der Waals surface area (Å²) in [6.45, 7) is 14.5. The van der Waals surface area contributed by atoms with Gasteiger partial charge < -0.3 is 4.90 Å². The highest BCUT2D eigenvalue weighted by Crippen LogP contribution is 2.30. The summed E-state index contributed by atoms with van der Waals surface area (Å²) in [4.78, 5) is 14.3. The summed E-state index contributed by atoms with van der Waals surface area (Å²) in [6.07, 6.45) is 7.94. The summed E-state index contributed by atoms with van der Waals surface area (Å²) in [5.41, 5.74) is 14.5. The molecule has 5 aromatic rings. The summed E-state index contributed by atoms with van der Waals surface area (Å²) >= 11 is 0. The Morgan fingerprint density at radius 3 is 2.13 bits per heavy atom. The lowest BCUT2D eigenvalue weighted by Gasteiger charge is -2.40. The van der Waals surface area contributed by atoms with Gasteiger partial charge in [-0.3, -0.25) is 14.9 Å². The molecule has 0 unspecified atom stereocenters. The van der Waals surface area contributed by atoms with Crippen LogP contribution in [0.1, 0.15) is 51.8 Å². The highest BCUT2D eigenvalue weighted by Gasteiger charge is 2.26. The number of pyridine rings is 2. The standard InChI is InChI=1S/C40H43FN4/c1-27-6-7-34(18-28(27)2)40-22-32(12-15-43-40)25-44-16-13-39(14-17-44)45(38-10-8-37(41)9-11-38)26-33-21-36(24-42-23-33)35-19-29(3)31(5)30(4)20-35/h6-12,15,18-24,39H,13-14,16-17,25-26H2,1-5H3. The number of rotatable bonds is 8. The zero-order chi connectivity index (χ0) is 31.5. The largest absolute Gasteiger partial charge is 0.364 e. The van der Waals surface area contributed by atoms with E-state index in [1.165, 1.54) is 44.5 Å². The number of aryl methyl sites for hydroxylation is 4. The molecule has 1 saturated heterocycles. The highest BCUT2D eigenvalue weighted by molar-refractivity contribution is 5.66. The molecule has 230 valence electrons. The first-order valence-electron chi connectivity index (χ1n) is 16.0. The normalized spacial score (nSPS) is 14.1. The molecule has 1 fully saturated rings. The smallest absolute Gasteiger partial charge is 0.123 e. The number of likely N-dealkylation sites (tertiary alicyclic amines) is 1. The van der Waals surface area contributed by atoms with Gasteiger partial charge in [-0.05, 0) is 140 Å². The van der Waals surface area contributed by atoms with Gasteiger partial charge in [0.2, 0.25) is 0 Å². The molecule has 6 rings (SSSR count). The molecular weight excluding hydrogens is 555 g/mol. The van der Waals surface area contributed by atoms with Gasteiger partial charge in [0.25, 0.3) is 0 Å². The summed E-state index contributed by atoms with van der Waals surface area (Å²) in [7, 11) is 0. The first-order valence-corrected chi connectivity index (χ1v) is 16.0. The van der Waals surface area contributed by atoms with Crippen LogP contribution in [-0.4, -0.2) is 34.0 Å². The predicted molar refractivity (Wildman–Crippen MR) is 184 cm³/mol. The summed E-state index contributed by atoms with van der Waals surface area (Å²) in [5, 5.41) is 0. The van der Waals surface area contributed by atoms with Crippen molar-refractivity contribution in [2.75, 3.05) is 18.0 Å². The number of hydrogen-bond acceptors (Lipinski definition) is 4. The molecule has 0 saturated carbocycles. The maximum absolute atomic E-state index is 13.9. The predicted octanol–water partition coefficient (Wildman–Crippen LogP) is 9.16. The Kier molecular flexibility index (Phi) is 9.09. The van der Waals surface area contributed by atoms with Crippen LogP contribution in [0.15, 0.2) is 91.4 Å². The monoisotopic (exact) mass is 598 g/mol. The zero-order valence-corrected chi connectivity index (χ0v) is 27.1. The van der Waals surface area contributed by atoms with Crippen molar-refractivity contribution in [3.63, 3.8) is 0 Å². The Morgan fingerprint density at radius 2 is 1.42 bits per heavy atom. The number of benzene rings is 3. The van der Waals surface area contributed by atoms with E-state index in [-0.39, 0.29) is 5.82 Å². The molecule has 0 amide bonds. The van der Waals surface area contributed by atoms with Gasteiger partial charge in [0.15, 0.2) is 0 Å². The van der Waals surface area contributed by atoms with Gasteiger partial charge in [0.05, 0.1) is 5.69 Å². The highest BCUT2D eigenvalue weighted by atomic mass is 19.1. The minimum absolute atomic E-state index is 0.209. The van der Waals surface area contributed by atoms with Crippen molar-refractivity contribution in [3.8, 4) is 22.4 Å². The maximum atomic E-state index is 13.9. The van der Waals surface area contributed by atoms with E-state index in [4.69, 9.17) is 0 Å². The molecule has 0 radical (unpaired) electrons. The molecule has 45 heavy (non-hydrogen) atoms. The van der Waals surface area contributed by atoms with Crippen molar-refractivity contribution in [2.45, 2.75) is 66.6 Å². The third kappa shape index (κ3) is 7.15. The topological polar surface area (TPSA) is 32.3 Å². The SMILES string of the molecule is Cc1ccc(-c2cc(CN3CCC(N(Cc4cncc(-c5cc(C)c(C)c(C)c5)c4)c4ccc(F)cc4)CC3)ccn2)cc1C. The second-order valence-corrected chi connectivity index (χ2v) is 12.8. The van der Waals surface area contributed by atoms with Gasteiger partial charge >= 0.3 is 0 Å². The summed E-state index contributed by atoms with van der Waals surface area (Å²) in [6, 6.07) is 25.0. The number of anilines is 1. The van der Waals surface area contributed by atoms with Crippen LogP contribution >= 0.6 is 0 Å². The van der Waals surface area contributed by atoms with Gasteiger partial charge in [-0.25, -0.2) is 4.39 Å². The van der Waals surface area contributed by atoms with E-state index < -0.39 is 0 Å². The molecule has 3 heterocycles. The maximum Gasteiger partial charge on any atom is 0.123 e. The Bertz CT molecular complexity index is 1760. The molecule has 0 spiro atoms. The fourth-order valence-electron chi connectivity index (χ4n) is 6.47. The lowest BCUT2D eigenvalue weighted by Crippen LogP contribution is -2.44. The molecule has 2 aromatic heterocycles. The van der Waals surface area contributed by atoms with Gasteiger partial charge in [-0.1, -0.05) is 24.3 Å². The Morgan fingerprint density at radius 1 is 0.711 bits per heavy atom. The molecule has 0 bridgehead atoms. The van der Waals surface area contributed by atoms with Crippen LogP contribution in [0, 0.1) is 40.4 Å². The average Bonchev–Trinajstić information content (AvgIpc) is 3.05. The minimum atomic E-state index is -0.209. The number of hydrogen-bond donors (Lipinski definition) is 0. The van der Waals surface area contributed by atoms with Crippen molar-refractivity contribution in [1.29, 1.82) is 0 Å². The molecule has 0 atom stereocenters. The van der Waals surface area contributed by atoms with Gasteiger partial charge in [0, 0.05) is 67.6 Å². The van der Waals surface area contributed by atoms with E-state index in [2.05, 4.69) is 103 Å². The van der Waals surface area contributed by atoms with Crippen molar-refractivity contribution < 1.29 is 4.39 Å². The van der Waals surface area contributed by atoms with E-state index >= 15 is 0 Å². The molecule has 1 aliphatic rings. The Hall–Kier alpha value is -4.35. The first-order chi connectivity index (χ1) is 21.7. The molecular formula is C40H43FN4.